The molecule has 0 amide bonds. The summed E-state index contributed by atoms with van der Waals surface area (Å²) in [5.74, 6) is 0.731. The topological polar surface area (TPSA) is 60.2 Å². The first-order valence-electron chi connectivity index (χ1n) is 4.77. The minimum absolute atomic E-state index is 0.615. The molecule has 0 aliphatic rings. The fourth-order valence-electron chi connectivity index (χ4n) is 1.69. The number of ether oxygens (including phenoxy) is 1. The molecule has 0 radical (unpaired) electrons. The number of nitrogens with one attached hydrogen (secondary N) is 1. The van der Waals surface area contributed by atoms with Gasteiger partial charge in [-0.25, -0.2) is 4.98 Å². The molecule has 0 bridgehead atoms. The van der Waals surface area contributed by atoms with Crippen molar-refractivity contribution in [2.45, 2.75) is 0 Å². The number of rotatable bonds is 2. The zero-order valence-corrected chi connectivity index (χ0v) is 10.6. The average molecular weight is 282 g/mol. The van der Waals surface area contributed by atoms with Gasteiger partial charge in [0.15, 0.2) is 0 Å². The van der Waals surface area contributed by atoms with Crippen LogP contribution in [0.3, 0.4) is 0 Å². The molecule has 1 aromatic carbocycles. The molecule has 0 aliphatic heterocycles. The van der Waals surface area contributed by atoms with E-state index in [0.29, 0.717) is 5.69 Å². The number of nitrogen functional groups attached to an aromatic ring is 1. The maximum Gasteiger partial charge on any atom is 0.145 e. The van der Waals surface area contributed by atoms with Gasteiger partial charge < -0.3 is 15.8 Å². The Morgan fingerprint density at radius 2 is 2.19 bits per heavy atom. The van der Waals surface area contributed by atoms with Gasteiger partial charge >= 0.3 is 0 Å². The van der Waals surface area contributed by atoms with E-state index in [1.807, 2.05) is 19.2 Å². The lowest BCUT2D eigenvalue weighted by atomic mass is 10.1. The van der Waals surface area contributed by atoms with Crippen molar-refractivity contribution in [3.05, 3.63) is 22.8 Å². The van der Waals surface area contributed by atoms with Crippen molar-refractivity contribution in [2.24, 2.45) is 0 Å². The fraction of sp³-hybridized carbons (Fsp3) is 0.182. The third kappa shape index (κ3) is 1.57. The van der Waals surface area contributed by atoms with E-state index in [1.165, 1.54) is 0 Å². The smallest absolute Gasteiger partial charge is 0.145 e. The molecule has 5 heteroatoms. The minimum Gasteiger partial charge on any atom is -0.494 e. The van der Waals surface area contributed by atoms with Crippen molar-refractivity contribution < 1.29 is 4.74 Å². The summed E-state index contributed by atoms with van der Waals surface area (Å²) in [6, 6.07) is 3.79. The van der Waals surface area contributed by atoms with Crippen molar-refractivity contribution in [1.29, 1.82) is 0 Å². The predicted octanol–water partition coefficient (Wildman–Crippen LogP) is 2.63. The zero-order valence-electron chi connectivity index (χ0n) is 9.04. The number of halogens is 1. The van der Waals surface area contributed by atoms with E-state index < -0.39 is 0 Å². The van der Waals surface area contributed by atoms with E-state index in [1.54, 1.807) is 13.3 Å². The van der Waals surface area contributed by atoms with Gasteiger partial charge in [-0.3, -0.25) is 0 Å². The largest absolute Gasteiger partial charge is 0.494 e. The van der Waals surface area contributed by atoms with Crippen LogP contribution in [-0.2, 0) is 0 Å². The molecule has 0 aliphatic carbocycles. The average Bonchev–Trinajstić information content (AvgIpc) is 2.30. The van der Waals surface area contributed by atoms with Crippen LogP contribution in [-0.4, -0.2) is 19.1 Å². The maximum absolute atomic E-state index is 5.87. The number of anilines is 2. The number of nitrogens with two attached hydrogens (primary N) is 1. The summed E-state index contributed by atoms with van der Waals surface area (Å²) >= 11 is 3.49. The van der Waals surface area contributed by atoms with Crippen molar-refractivity contribution in [3.63, 3.8) is 0 Å². The second-order valence-corrected chi connectivity index (χ2v) is 4.17. The summed E-state index contributed by atoms with van der Waals surface area (Å²) in [6.45, 7) is 0. The first-order valence-corrected chi connectivity index (χ1v) is 5.56. The van der Waals surface area contributed by atoms with Gasteiger partial charge in [0.25, 0.3) is 0 Å². The first-order chi connectivity index (χ1) is 7.69. The first kappa shape index (κ1) is 11.0. The van der Waals surface area contributed by atoms with E-state index in [4.69, 9.17) is 10.5 Å². The van der Waals surface area contributed by atoms with Gasteiger partial charge in [-0.15, -0.1) is 0 Å². The normalized spacial score (nSPS) is 10.4. The van der Waals surface area contributed by atoms with Gasteiger partial charge in [0.05, 0.1) is 24.7 Å². The van der Waals surface area contributed by atoms with E-state index in [9.17, 15) is 0 Å². The SMILES string of the molecule is CNc1c(N)cnc2c(OC)ccc(Br)c12. The highest BCUT2D eigenvalue weighted by Crippen LogP contribution is 2.37. The lowest BCUT2D eigenvalue weighted by molar-refractivity contribution is 0.419. The number of hydrogen-bond donors (Lipinski definition) is 2. The molecule has 2 rings (SSSR count). The molecular weight excluding hydrogens is 270 g/mol. The molecule has 84 valence electrons. The van der Waals surface area contributed by atoms with Crippen LogP contribution in [0.25, 0.3) is 10.9 Å². The lowest BCUT2D eigenvalue weighted by Crippen LogP contribution is -1.99. The minimum atomic E-state index is 0.615. The van der Waals surface area contributed by atoms with Gasteiger partial charge in [-0.2, -0.15) is 0 Å². The molecule has 1 aromatic heterocycles. The number of nitrogens with zero attached hydrogens (tertiary/aromatic N) is 1. The van der Waals surface area contributed by atoms with Gasteiger partial charge in [-0.05, 0) is 12.1 Å². The van der Waals surface area contributed by atoms with Gasteiger partial charge in [-0.1, -0.05) is 15.9 Å². The van der Waals surface area contributed by atoms with Crippen molar-refractivity contribution >= 4 is 38.2 Å². The summed E-state index contributed by atoms with van der Waals surface area (Å²) in [5, 5.41) is 4.01. The molecule has 3 N–H and O–H groups in total. The summed E-state index contributed by atoms with van der Waals surface area (Å²) in [4.78, 5) is 4.30. The molecule has 0 saturated carbocycles. The van der Waals surface area contributed by atoms with Crippen LogP contribution in [0.2, 0.25) is 0 Å². The molecular formula is C11H12BrN3O. The molecule has 4 nitrogen and oxygen atoms in total. The Kier molecular flexibility index (Phi) is 2.87. The number of benzene rings is 1. The lowest BCUT2D eigenvalue weighted by Gasteiger charge is -2.12. The highest BCUT2D eigenvalue weighted by molar-refractivity contribution is 9.10. The summed E-state index contributed by atoms with van der Waals surface area (Å²) < 4.78 is 6.21. The molecule has 0 fully saturated rings. The van der Waals surface area contributed by atoms with Crippen LogP contribution in [0.5, 0.6) is 5.75 Å². The Balaban J connectivity index is 2.91. The quantitative estimate of drug-likeness (QED) is 0.889. The number of pyridine rings is 1. The number of aromatic nitrogens is 1. The summed E-state index contributed by atoms with van der Waals surface area (Å²) in [5.41, 5.74) is 8.13. The second kappa shape index (κ2) is 4.17. The summed E-state index contributed by atoms with van der Waals surface area (Å²) in [6.07, 6.45) is 1.63. The highest BCUT2D eigenvalue weighted by Gasteiger charge is 2.12. The molecule has 0 spiro atoms. The number of hydrogen-bond acceptors (Lipinski definition) is 4. The van der Waals surface area contributed by atoms with Crippen LogP contribution in [0.1, 0.15) is 0 Å². The van der Waals surface area contributed by atoms with Gasteiger partial charge in [0.1, 0.15) is 11.3 Å². The van der Waals surface area contributed by atoms with E-state index in [-0.39, 0.29) is 0 Å². The van der Waals surface area contributed by atoms with Crippen LogP contribution in [0, 0.1) is 0 Å². The Morgan fingerprint density at radius 1 is 1.44 bits per heavy atom. The van der Waals surface area contributed by atoms with Crippen molar-refractivity contribution in [2.75, 3.05) is 25.2 Å². The third-order valence-electron chi connectivity index (χ3n) is 2.43. The Bertz CT molecular complexity index is 542. The van der Waals surface area contributed by atoms with Crippen LogP contribution in [0.4, 0.5) is 11.4 Å². The zero-order chi connectivity index (χ0) is 11.7. The Hall–Kier alpha value is -1.49. The maximum atomic E-state index is 5.87. The van der Waals surface area contributed by atoms with Crippen LogP contribution >= 0.6 is 15.9 Å². The number of fused-ring (bicyclic) bond motifs is 1. The molecule has 1 heterocycles. The highest BCUT2D eigenvalue weighted by atomic mass is 79.9. The summed E-state index contributed by atoms with van der Waals surface area (Å²) in [7, 11) is 3.46. The van der Waals surface area contributed by atoms with Gasteiger partial charge in [0.2, 0.25) is 0 Å². The second-order valence-electron chi connectivity index (χ2n) is 3.31. The standard InChI is InChI=1S/C11H12BrN3O/c1-14-10-7(13)5-15-11-8(16-2)4-3-6(12)9(10)11/h3-5H,13H2,1-2H3,(H,14,15). The fourth-order valence-corrected chi connectivity index (χ4v) is 2.21. The Morgan fingerprint density at radius 3 is 2.81 bits per heavy atom. The molecule has 0 unspecified atom stereocenters. The van der Waals surface area contributed by atoms with Crippen molar-refractivity contribution in [1.82, 2.24) is 4.98 Å². The molecule has 16 heavy (non-hydrogen) atoms. The third-order valence-corrected chi connectivity index (χ3v) is 3.09. The van der Waals surface area contributed by atoms with Crippen molar-refractivity contribution in [3.8, 4) is 5.75 Å². The molecule has 0 saturated heterocycles. The van der Waals surface area contributed by atoms with Gasteiger partial charge in [0, 0.05) is 16.9 Å². The number of methoxy groups -OCH3 is 1. The van der Waals surface area contributed by atoms with E-state index in [2.05, 4.69) is 26.2 Å². The van der Waals surface area contributed by atoms with E-state index >= 15 is 0 Å². The van der Waals surface area contributed by atoms with E-state index in [0.717, 1.165) is 26.8 Å². The monoisotopic (exact) mass is 281 g/mol. The van der Waals surface area contributed by atoms with Crippen LogP contribution < -0.4 is 15.8 Å². The Labute approximate surface area is 102 Å². The predicted molar refractivity (Wildman–Crippen MR) is 70.0 cm³/mol. The molecule has 0 atom stereocenters. The molecule has 2 aromatic rings. The van der Waals surface area contributed by atoms with Crippen LogP contribution in [0.15, 0.2) is 22.8 Å².